The third kappa shape index (κ3) is 7.50. The molecule has 0 radical (unpaired) electrons. The molecule has 1 amide bonds. The van der Waals surface area contributed by atoms with E-state index in [4.69, 9.17) is 32.7 Å². The van der Waals surface area contributed by atoms with Gasteiger partial charge in [-0.2, -0.15) is 5.10 Å². The van der Waals surface area contributed by atoms with Gasteiger partial charge in [0, 0.05) is 21.7 Å². The van der Waals surface area contributed by atoms with Crippen LogP contribution in [0.2, 0.25) is 10.0 Å². The Morgan fingerprint density at radius 2 is 2.00 bits per heavy atom. The minimum absolute atomic E-state index is 0.159. The molecule has 1 fully saturated rings. The van der Waals surface area contributed by atoms with Gasteiger partial charge < -0.3 is 14.8 Å². The average molecular weight is 590 g/mol. The van der Waals surface area contributed by atoms with Crippen LogP contribution < -0.4 is 20.2 Å². The van der Waals surface area contributed by atoms with Crippen molar-refractivity contribution in [2.75, 3.05) is 13.7 Å². The maximum absolute atomic E-state index is 12.0. The number of rotatable bonds is 9. The van der Waals surface area contributed by atoms with Gasteiger partial charge in [-0.05, 0) is 65.3 Å². The monoisotopic (exact) mass is 589 g/mol. The maximum atomic E-state index is 12.0. The van der Waals surface area contributed by atoms with Gasteiger partial charge in [-0.25, -0.2) is 5.43 Å². The minimum atomic E-state index is -0.159. The Balaban J connectivity index is 1.56. The van der Waals surface area contributed by atoms with Crippen molar-refractivity contribution >= 4 is 57.9 Å². The van der Waals surface area contributed by atoms with Crippen LogP contribution in [-0.2, 0) is 11.4 Å². The molecule has 0 bridgehead atoms. The van der Waals surface area contributed by atoms with E-state index in [0.29, 0.717) is 27.6 Å². The molecule has 1 aliphatic carbocycles. The number of carbonyl (C=O) groups excluding carboxylic acids is 1. The number of halogens is 3. The van der Waals surface area contributed by atoms with E-state index in [1.165, 1.54) is 19.3 Å². The van der Waals surface area contributed by atoms with E-state index < -0.39 is 0 Å². The quantitative estimate of drug-likeness (QED) is 0.228. The molecule has 0 aliphatic heterocycles. The standard InChI is InChI=1S/C23H26Cl2IN3O3/c1-31-21-10-15(12-28-29-22(30)13-27-18-5-3-2-4-6-18)9-20(26)23(21)32-14-16-7-8-17(24)11-19(16)25/h7-12,18,27H,2-6,13-14H2,1H3,(H,29,30)/b28-12-. The summed E-state index contributed by atoms with van der Waals surface area (Å²) in [6.07, 6.45) is 7.59. The first-order valence-corrected chi connectivity index (χ1v) is 12.3. The number of amides is 1. The largest absolute Gasteiger partial charge is 0.493 e. The number of carbonyl (C=O) groups is 1. The summed E-state index contributed by atoms with van der Waals surface area (Å²) in [5, 5.41) is 8.49. The molecule has 0 aromatic heterocycles. The number of hydrazone groups is 1. The van der Waals surface area contributed by atoms with Crippen molar-refractivity contribution in [3.8, 4) is 11.5 Å². The van der Waals surface area contributed by atoms with Crippen LogP contribution in [-0.4, -0.2) is 31.8 Å². The SMILES string of the molecule is COc1cc(/C=N\NC(=O)CNC2CCCCC2)cc(I)c1OCc1ccc(Cl)cc1Cl. The zero-order valence-electron chi connectivity index (χ0n) is 17.8. The molecule has 1 aliphatic rings. The lowest BCUT2D eigenvalue weighted by atomic mass is 9.95. The van der Waals surface area contributed by atoms with Gasteiger partial charge in [0.25, 0.3) is 5.91 Å². The van der Waals surface area contributed by atoms with Crippen molar-refractivity contribution in [3.63, 3.8) is 0 Å². The number of methoxy groups -OCH3 is 1. The van der Waals surface area contributed by atoms with E-state index in [1.807, 2.05) is 12.1 Å². The number of ether oxygens (including phenoxy) is 2. The molecule has 1 saturated carbocycles. The highest BCUT2D eigenvalue weighted by Crippen LogP contribution is 2.34. The summed E-state index contributed by atoms with van der Waals surface area (Å²) in [5.74, 6) is 1.01. The van der Waals surface area contributed by atoms with Gasteiger partial charge in [0.15, 0.2) is 11.5 Å². The summed E-state index contributed by atoms with van der Waals surface area (Å²) >= 11 is 14.4. The van der Waals surface area contributed by atoms with Gasteiger partial charge in [0.2, 0.25) is 0 Å². The van der Waals surface area contributed by atoms with E-state index in [0.717, 1.165) is 27.5 Å². The molecule has 2 aromatic rings. The molecule has 6 nitrogen and oxygen atoms in total. The summed E-state index contributed by atoms with van der Waals surface area (Å²) in [5.41, 5.74) is 4.17. The smallest absolute Gasteiger partial charge is 0.254 e. The predicted molar refractivity (Wildman–Crippen MR) is 137 cm³/mol. The highest BCUT2D eigenvalue weighted by Gasteiger charge is 2.14. The Labute approximate surface area is 212 Å². The molecule has 3 rings (SSSR count). The van der Waals surface area contributed by atoms with Gasteiger partial charge in [-0.15, -0.1) is 0 Å². The van der Waals surface area contributed by atoms with Crippen LogP contribution >= 0.6 is 45.8 Å². The van der Waals surface area contributed by atoms with Gasteiger partial charge in [-0.3, -0.25) is 4.79 Å². The first-order chi connectivity index (χ1) is 15.5. The molecule has 9 heteroatoms. The molecule has 0 unspecified atom stereocenters. The van der Waals surface area contributed by atoms with Crippen LogP contribution in [0.25, 0.3) is 0 Å². The lowest BCUT2D eigenvalue weighted by molar-refractivity contribution is -0.120. The van der Waals surface area contributed by atoms with E-state index in [-0.39, 0.29) is 19.1 Å². The fourth-order valence-corrected chi connectivity index (χ4v) is 4.75. The minimum Gasteiger partial charge on any atom is -0.493 e. The van der Waals surface area contributed by atoms with Gasteiger partial charge >= 0.3 is 0 Å². The number of nitrogens with zero attached hydrogens (tertiary/aromatic N) is 1. The highest BCUT2D eigenvalue weighted by molar-refractivity contribution is 14.1. The lowest BCUT2D eigenvalue weighted by Crippen LogP contribution is -2.38. The topological polar surface area (TPSA) is 72.0 Å². The normalized spacial score (nSPS) is 14.5. The number of nitrogens with one attached hydrogen (secondary N) is 2. The number of hydrogen-bond donors (Lipinski definition) is 2. The van der Waals surface area contributed by atoms with E-state index in [1.54, 1.807) is 31.5 Å². The molecule has 0 spiro atoms. The van der Waals surface area contributed by atoms with E-state index >= 15 is 0 Å². The molecular weight excluding hydrogens is 564 g/mol. The summed E-state index contributed by atoms with van der Waals surface area (Å²) in [7, 11) is 1.58. The van der Waals surface area contributed by atoms with Crippen LogP contribution in [0.3, 0.4) is 0 Å². The van der Waals surface area contributed by atoms with Crippen LogP contribution in [0.5, 0.6) is 11.5 Å². The summed E-state index contributed by atoms with van der Waals surface area (Å²) in [6.45, 7) is 0.544. The summed E-state index contributed by atoms with van der Waals surface area (Å²) < 4.78 is 12.3. The van der Waals surface area contributed by atoms with Gasteiger partial charge in [0.05, 0.1) is 23.4 Å². The van der Waals surface area contributed by atoms with Crippen molar-refractivity contribution < 1.29 is 14.3 Å². The predicted octanol–water partition coefficient (Wildman–Crippen LogP) is 5.56. The average Bonchev–Trinajstić information content (AvgIpc) is 2.78. The zero-order chi connectivity index (χ0) is 22.9. The fourth-order valence-electron chi connectivity index (χ4n) is 3.51. The van der Waals surface area contributed by atoms with E-state index in [9.17, 15) is 4.79 Å². The molecule has 2 N–H and O–H groups in total. The Hall–Kier alpha value is -1.55. The van der Waals surface area contributed by atoms with Gasteiger partial charge in [0.1, 0.15) is 6.61 Å². The van der Waals surface area contributed by atoms with Crippen LogP contribution in [0.15, 0.2) is 35.4 Å². The maximum Gasteiger partial charge on any atom is 0.254 e. The molecule has 32 heavy (non-hydrogen) atoms. The first-order valence-electron chi connectivity index (χ1n) is 10.5. The van der Waals surface area contributed by atoms with Gasteiger partial charge in [-0.1, -0.05) is 48.5 Å². The van der Waals surface area contributed by atoms with Crippen molar-refractivity contribution in [1.29, 1.82) is 0 Å². The van der Waals surface area contributed by atoms with Crippen LogP contribution in [0.1, 0.15) is 43.2 Å². The molecule has 2 aromatic carbocycles. The highest BCUT2D eigenvalue weighted by atomic mass is 127. The Kier molecular flexibility index (Phi) is 9.90. The summed E-state index contributed by atoms with van der Waals surface area (Å²) in [6, 6.07) is 9.42. The Morgan fingerprint density at radius 1 is 1.22 bits per heavy atom. The Bertz CT molecular complexity index is 966. The third-order valence-corrected chi connectivity index (χ3v) is 6.59. The first kappa shape index (κ1) is 25.1. The third-order valence-electron chi connectivity index (χ3n) is 5.20. The zero-order valence-corrected chi connectivity index (χ0v) is 21.5. The molecule has 172 valence electrons. The number of benzene rings is 2. The molecule has 0 atom stereocenters. The summed E-state index contributed by atoms with van der Waals surface area (Å²) in [4.78, 5) is 12.0. The Morgan fingerprint density at radius 3 is 2.72 bits per heavy atom. The number of hydrogen-bond acceptors (Lipinski definition) is 5. The second-order valence-electron chi connectivity index (χ2n) is 7.57. The second-order valence-corrected chi connectivity index (χ2v) is 9.57. The van der Waals surface area contributed by atoms with Crippen LogP contribution in [0.4, 0.5) is 0 Å². The van der Waals surface area contributed by atoms with Crippen molar-refractivity contribution in [2.24, 2.45) is 5.10 Å². The van der Waals surface area contributed by atoms with Crippen molar-refractivity contribution in [3.05, 3.63) is 55.1 Å². The van der Waals surface area contributed by atoms with Crippen LogP contribution in [0, 0.1) is 3.57 Å². The van der Waals surface area contributed by atoms with Crippen molar-refractivity contribution in [2.45, 2.75) is 44.8 Å². The second kappa shape index (κ2) is 12.6. The molecule has 0 saturated heterocycles. The van der Waals surface area contributed by atoms with Crippen molar-refractivity contribution in [1.82, 2.24) is 10.7 Å². The lowest BCUT2D eigenvalue weighted by Gasteiger charge is -2.22. The molecular formula is C23H26Cl2IN3O3. The fraction of sp³-hybridized carbons (Fsp3) is 0.391. The van der Waals surface area contributed by atoms with E-state index in [2.05, 4.69) is 38.4 Å². The molecule has 0 heterocycles.